The summed E-state index contributed by atoms with van der Waals surface area (Å²) in [6.45, 7) is 21.0. The molecule has 0 unspecified atom stereocenters. The summed E-state index contributed by atoms with van der Waals surface area (Å²) in [6, 6.07) is 0. The van der Waals surface area contributed by atoms with Crippen LogP contribution in [0, 0.1) is 0 Å². The van der Waals surface area contributed by atoms with E-state index < -0.39 is 0 Å². The van der Waals surface area contributed by atoms with Crippen LogP contribution in [0.25, 0.3) is 0 Å². The van der Waals surface area contributed by atoms with E-state index in [1.165, 1.54) is 96.6 Å². The first-order valence-electron chi connectivity index (χ1n) is 10.8. The van der Waals surface area contributed by atoms with E-state index >= 15 is 0 Å². The quantitative estimate of drug-likeness (QED) is 0.244. The van der Waals surface area contributed by atoms with Gasteiger partial charge in [-0.3, -0.25) is 14.4 Å². The molecule has 0 spiro atoms. The molecule has 0 aliphatic heterocycles. The number of hydrogen-bond donors (Lipinski definition) is 0. The van der Waals surface area contributed by atoms with Crippen LogP contribution in [-0.4, -0.2) is 59.6 Å². The van der Waals surface area contributed by atoms with Gasteiger partial charge in [0, 0.05) is 0 Å². The minimum absolute atomic E-state index is 1.18. The summed E-state index contributed by atoms with van der Waals surface area (Å²) in [4.78, 5) is 5.39. The molecule has 0 fully saturated rings. The second-order valence-corrected chi connectivity index (χ2v) is 6.97. The maximum absolute atomic E-state index is 2.71. The second kappa shape index (κ2) is 15.8. The molecule has 0 aliphatic rings. The third kappa shape index (κ3) is 8.94. The van der Waals surface area contributed by atoms with Crippen molar-refractivity contribution < 1.29 is 4.58 Å². The van der Waals surface area contributed by atoms with Gasteiger partial charge in [-0.25, -0.2) is 0 Å². The van der Waals surface area contributed by atoms with E-state index in [2.05, 4.69) is 55.9 Å². The summed E-state index contributed by atoms with van der Waals surface area (Å²) in [5.74, 6) is 1.53. The topological polar surface area (TPSA) is 9.49 Å². The minimum atomic E-state index is 1.18. The Morgan fingerprint density at radius 1 is 0.542 bits per heavy atom. The zero-order valence-corrected chi connectivity index (χ0v) is 17.7. The average molecular weight is 341 g/mol. The Hall–Kier alpha value is -0.730. The Labute approximate surface area is 153 Å². The van der Waals surface area contributed by atoms with Gasteiger partial charge in [0.25, 0.3) is 0 Å². The third-order valence-corrected chi connectivity index (χ3v) is 4.39. The van der Waals surface area contributed by atoms with Crippen LogP contribution < -0.4 is 0 Å². The van der Waals surface area contributed by atoms with E-state index in [0.717, 1.165) is 0 Å². The first kappa shape index (κ1) is 23.3. The van der Waals surface area contributed by atoms with Gasteiger partial charge in [-0.1, -0.05) is 54.4 Å². The van der Waals surface area contributed by atoms with Crippen molar-refractivity contribution in [1.29, 1.82) is 0 Å². The predicted octanol–water partition coefficient (Wildman–Crippen LogP) is 5.20. The molecule has 0 aromatic heterocycles. The molecule has 144 valence electrons. The third-order valence-electron chi connectivity index (χ3n) is 4.39. The number of guanidine groups is 1. The van der Waals surface area contributed by atoms with Gasteiger partial charge in [0.1, 0.15) is 0 Å². The lowest BCUT2D eigenvalue weighted by Crippen LogP contribution is -2.51. The molecule has 0 aromatic carbocycles. The zero-order chi connectivity index (χ0) is 18.2. The molecule has 0 heterocycles. The van der Waals surface area contributed by atoms with Gasteiger partial charge >= 0.3 is 5.96 Å². The summed E-state index contributed by atoms with van der Waals surface area (Å²) in [5, 5.41) is 0. The number of unbranched alkanes of at least 4 members (excludes halogenated alkanes) is 2. The van der Waals surface area contributed by atoms with E-state index in [9.17, 15) is 0 Å². The Bertz CT molecular complexity index is 290. The summed E-state index contributed by atoms with van der Waals surface area (Å²) in [7, 11) is 0. The molecule has 0 saturated carbocycles. The fourth-order valence-electron chi connectivity index (χ4n) is 3.31. The van der Waals surface area contributed by atoms with Gasteiger partial charge < -0.3 is 0 Å². The lowest BCUT2D eigenvalue weighted by atomic mass is 10.2. The van der Waals surface area contributed by atoms with Gasteiger partial charge in [0.05, 0.1) is 39.3 Å². The molecule has 0 amide bonds. The smallest absolute Gasteiger partial charge is 0.265 e. The number of nitrogens with zero attached hydrogens (tertiary/aromatic N) is 3. The van der Waals surface area contributed by atoms with Crippen molar-refractivity contribution in [2.75, 3.05) is 39.3 Å². The monoisotopic (exact) mass is 340 g/mol. The second-order valence-electron chi connectivity index (χ2n) is 6.97. The standard InChI is InChI=1S/C21H46N3/c1-7-13-19-24(20-14-8-2)21(22(15-9-3)16-10-4)23(17-11-5)18-12-6/h7-20H2,1-6H3/q+1. The molecular weight excluding hydrogens is 294 g/mol. The molecule has 0 aliphatic carbocycles. The van der Waals surface area contributed by atoms with Crippen molar-refractivity contribution in [2.45, 2.75) is 92.9 Å². The van der Waals surface area contributed by atoms with Crippen molar-refractivity contribution >= 4 is 5.96 Å². The maximum Gasteiger partial charge on any atom is 0.350 e. The van der Waals surface area contributed by atoms with Crippen molar-refractivity contribution in [3.05, 3.63) is 0 Å². The van der Waals surface area contributed by atoms with Crippen LogP contribution in [0.5, 0.6) is 0 Å². The highest BCUT2D eigenvalue weighted by atomic mass is 15.4. The SMILES string of the molecule is CCCCN(CCCC)C(N(CCC)CCC)=[N+](CCC)CCC. The normalized spacial score (nSPS) is 10.8. The van der Waals surface area contributed by atoms with Crippen LogP contribution in [0.1, 0.15) is 92.9 Å². The van der Waals surface area contributed by atoms with Crippen molar-refractivity contribution in [1.82, 2.24) is 9.80 Å². The van der Waals surface area contributed by atoms with E-state index in [4.69, 9.17) is 0 Å². The molecule has 0 radical (unpaired) electrons. The van der Waals surface area contributed by atoms with Crippen LogP contribution in [-0.2, 0) is 0 Å². The Morgan fingerprint density at radius 3 is 1.29 bits per heavy atom. The molecular formula is C21H46N3+. The fraction of sp³-hybridized carbons (Fsp3) is 0.952. The van der Waals surface area contributed by atoms with E-state index in [0.29, 0.717) is 0 Å². The lowest BCUT2D eigenvalue weighted by molar-refractivity contribution is -0.538. The van der Waals surface area contributed by atoms with Crippen LogP contribution >= 0.6 is 0 Å². The summed E-state index contributed by atoms with van der Waals surface area (Å²) < 4.78 is 2.68. The first-order chi connectivity index (χ1) is 11.7. The molecule has 3 heteroatoms. The Morgan fingerprint density at radius 2 is 0.958 bits per heavy atom. The molecule has 0 rings (SSSR count). The van der Waals surface area contributed by atoms with Gasteiger partial charge in [-0.15, -0.1) is 0 Å². The molecule has 3 nitrogen and oxygen atoms in total. The molecule has 0 saturated heterocycles. The number of rotatable bonds is 14. The molecule has 0 aromatic rings. The highest BCUT2D eigenvalue weighted by Gasteiger charge is 2.27. The molecule has 0 bridgehead atoms. The van der Waals surface area contributed by atoms with E-state index in [-0.39, 0.29) is 0 Å². The number of hydrogen-bond acceptors (Lipinski definition) is 0. The summed E-state index contributed by atoms with van der Waals surface area (Å²) >= 11 is 0. The highest BCUT2D eigenvalue weighted by Crippen LogP contribution is 2.08. The van der Waals surface area contributed by atoms with Crippen molar-refractivity contribution in [3.63, 3.8) is 0 Å². The van der Waals surface area contributed by atoms with Crippen LogP contribution in [0.15, 0.2) is 0 Å². The molecule has 0 atom stereocenters. The van der Waals surface area contributed by atoms with Gasteiger partial charge in [0.15, 0.2) is 0 Å². The molecule has 0 N–H and O–H groups in total. The molecule has 24 heavy (non-hydrogen) atoms. The minimum Gasteiger partial charge on any atom is -0.265 e. The Kier molecular flexibility index (Phi) is 15.3. The lowest BCUT2D eigenvalue weighted by Gasteiger charge is -2.31. The van der Waals surface area contributed by atoms with E-state index in [1.54, 1.807) is 0 Å². The van der Waals surface area contributed by atoms with Crippen LogP contribution in [0.4, 0.5) is 0 Å². The fourth-order valence-corrected chi connectivity index (χ4v) is 3.31. The van der Waals surface area contributed by atoms with Gasteiger partial charge in [-0.05, 0) is 38.5 Å². The van der Waals surface area contributed by atoms with Crippen molar-refractivity contribution in [2.24, 2.45) is 0 Å². The van der Waals surface area contributed by atoms with Crippen LogP contribution in [0.3, 0.4) is 0 Å². The van der Waals surface area contributed by atoms with Crippen LogP contribution in [0.2, 0.25) is 0 Å². The average Bonchev–Trinajstić information content (AvgIpc) is 2.57. The summed E-state index contributed by atoms with van der Waals surface area (Å²) in [5.41, 5.74) is 0. The summed E-state index contributed by atoms with van der Waals surface area (Å²) in [6.07, 6.45) is 10.1. The predicted molar refractivity (Wildman–Crippen MR) is 109 cm³/mol. The van der Waals surface area contributed by atoms with Gasteiger partial charge in [-0.2, -0.15) is 0 Å². The van der Waals surface area contributed by atoms with Crippen molar-refractivity contribution in [3.8, 4) is 0 Å². The van der Waals surface area contributed by atoms with Gasteiger partial charge in [0.2, 0.25) is 0 Å². The Balaban J connectivity index is 5.73. The largest absolute Gasteiger partial charge is 0.350 e. The first-order valence-corrected chi connectivity index (χ1v) is 10.8. The zero-order valence-electron chi connectivity index (χ0n) is 17.7. The highest BCUT2D eigenvalue weighted by molar-refractivity contribution is 5.75. The maximum atomic E-state index is 2.71. The van der Waals surface area contributed by atoms with E-state index in [1.807, 2.05) is 0 Å².